The van der Waals surface area contributed by atoms with E-state index in [-0.39, 0.29) is 35.3 Å². The molecule has 1 aromatic carbocycles. The Morgan fingerprint density at radius 1 is 1.27 bits per heavy atom. The van der Waals surface area contributed by atoms with E-state index in [4.69, 9.17) is 9.72 Å². The van der Waals surface area contributed by atoms with Crippen LogP contribution in [0.3, 0.4) is 0 Å². The van der Waals surface area contributed by atoms with Crippen LogP contribution in [-0.2, 0) is 17.6 Å². The lowest BCUT2D eigenvalue weighted by atomic mass is 9.73. The van der Waals surface area contributed by atoms with Gasteiger partial charge in [0.25, 0.3) is 0 Å². The summed E-state index contributed by atoms with van der Waals surface area (Å²) >= 11 is 0. The molecule has 0 saturated heterocycles. The highest BCUT2D eigenvalue weighted by Gasteiger charge is 2.46. The number of carbonyl (C=O) groups is 1. The van der Waals surface area contributed by atoms with Gasteiger partial charge in [0.15, 0.2) is 0 Å². The molecule has 3 atom stereocenters. The Labute approximate surface area is 235 Å². The number of nitrogens with one attached hydrogen (secondary N) is 2. The first-order valence-corrected chi connectivity index (χ1v) is 14.1. The smallest absolute Gasteiger partial charge is 0.218 e. The molecule has 2 aliphatic rings. The van der Waals surface area contributed by atoms with Gasteiger partial charge in [0.05, 0.1) is 24.2 Å². The second-order valence-electron chi connectivity index (χ2n) is 12.6. The van der Waals surface area contributed by atoms with Crippen molar-refractivity contribution < 1.29 is 19.0 Å². The van der Waals surface area contributed by atoms with Crippen molar-refractivity contribution in [1.29, 1.82) is 0 Å². The lowest BCUT2D eigenvalue weighted by Crippen LogP contribution is -2.52. The summed E-state index contributed by atoms with van der Waals surface area (Å²) < 4.78 is 22.5. The number of amides is 1. The van der Waals surface area contributed by atoms with Crippen molar-refractivity contribution in [3.05, 3.63) is 71.7 Å². The minimum absolute atomic E-state index is 0.0252. The van der Waals surface area contributed by atoms with Gasteiger partial charge in [-0.1, -0.05) is 26.8 Å². The number of imidazole rings is 1. The number of benzene rings is 1. The van der Waals surface area contributed by atoms with Gasteiger partial charge in [-0.05, 0) is 66.8 Å². The summed E-state index contributed by atoms with van der Waals surface area (Å²) in [5.41, 5.74) is 3.27. The summed E-state index contributed by atoms with van der Waals surface area (Å²) in [6.45, 7) is 8.33. The predicted octanol–water partition coefficient (Wildman–Crippen LogP) is 4.44. The Bertz CT molecular complexity index is 1330. The van der Waals surface area contributed by atoms with Crippen molar-refractivity contribution in [1.82, 2.24) is 25.2 Å². The molecular weight excluding hydrogens is 509 g/mol. The third-order valence-electron chi connectivity index (χ3n) is 7.87. The molecule has 1 aliphatic heterocycles. The molecule has 1 fully saturated rings. The number of nitrogens with zero attached hydrogens (tertiary/aromatic N) is 3. The van der Waals surface area contributed by atoms with Crippen LogP contribution in [0.1, 0.15) is 76.1 Å². The minimum atomic E-state index is -0.875. The lowest BCUT2D eigenvalue weighted by Gasteiger charge is -2.47. The molecule has 0 radical (unpaired) electrons. The van der Waals surface area contributed by atoms with Crippen molar-refractivity contribution in [2.45, 2.75) is 90.0 Å². The number of aliphatic hydroxyl groups is 1. The van der Waals surface area contributed by atoms with E-state index in [1.165, 1.54) is 19.3 Å². The van der Waals surface area contributed by atoms with Crippen LogP contribution < -0.4 is 15.4 Å². The van der Waals surface area contributed by atoms with E-state index in [0.29, 0.717) is 18.0 Å². The van der Waals surface area contributed by atoms with Crippen LogP contribution in [-0.4, -0.2) is 49.8 Å². The molecule has 1 aliphatic carbocycles. The molecule has 5 rings (SSSR count). The first kappa shape index (κ1) is 28.2. The Balaban J connectivity index is 1.33. The van der Waals surface area contributed by atoms with E-state index < -0.39 is 12.1 Å². The molecule has 3 N–H and O–H groups in total. The van der Waals surface area contributed by atoms with Crippen LogP contribution in [0.5, 0.6) is 5.88 Å². The number of hydrogen-bond donors (Lipinski definition) is 3. The highest BCUT2D eigenvalue weighted by Crippen LogP contribution is 2.48. The van der Waals surface area contributed by atoms with Gasteiger partial charge in [-0.3, -0.25) is 4.79 Å². The zero-order chi connectivity index (χ0) is 28.5. The molecule has 8 nitrogen and oxygen atoms in total. The van der Waals surface area contributed by atoms with Crippen LogP contribution in [0.15, 0.2) is 49.2 Å². The maximum atomic E-state index is 14.5. The number of hydrogen-bond acceptors (Lipinski definition) is 6. The van der Waals surface area contributed by atoms with Crippen molar-refractivity contribution in [2.24, 2.45) is 5.41 Å². The number of halogens is 1. The Hall–Kier alpha value is -3.30. The van der Waals surface area contributed by atoms with Crippen molar-refractivity contribution in [3.8, 4) is 11.6 Å². The summed E-state index contributed by atoms with van der Waals surface area (Å²) in [6.07, 6.45) is 11.0. The van der Waals surface area contributed by atoms with Gasteiger partial charge >= 0.3 is 0 Å². The summed E-state index contributed by atoms with van der Waals surface area (Å²) in [7, 11) is 0. The topological polar surface area (TPSA) is 101 Å². The highest BCUT2D eigenvalue weighted by molar-refractivity contribution is 5.73. The van der Waals surface area contributed by atoms with E-state index in [9.17, 15) is 14.3 Å². The molecule has 40 heavy (non-hydrogen) atoms. The first-order valence-electron chi connectivity index (χ1n) is 14.1. The average molecular weight is 550 g/mol. The number of aliphatic hydroxyl groups excluding tert-OH is 1. The highest BCUT2D eigenvalue weighted by atomic mass is 19.1. The SMILES string of the molecule is CC(=O)N[C@@H](Cc1ccc(F)c(-n2ccnc2)c1)[C@H](O)CN[C@H]1CC2(CCC2)Oc2ncc(CC(C)(C)C)cc21. The summed E-state index contributed by atoms with van der Waals surface area (Å²) in [6, 6.07) is 6.41. The minimum Gasteiger partial charge on any atom is -0.471 e. The molecule has 2 aromatic heterocycles. The van der Waals surface area contributed by atoms with Crippen LogP contribution in [0, 0.1) is 11.2 Å². The van der Waals surface area contributed by atoms with Crippen LogP contribution in [0.4, 0.5) is 4.39 Å². The fourth-order valence-corrected chi connectivity index (χ4v) is 5.84. The Morgan fingerprint density at radius 2 is 2.08 bits per heavy atom. The van der Waals surface area contributed by atoms with Gasteiger partial charge in [-0.2, -0.15) is 0 Å². The van der Waals surface area contributed by atoms with E-state index in [1.807, 2.05) is 6.20 Å². The molecule has 3 heterocycles. The zero-order valence-corrected chi connectivity index (χ0v) is 23.8. The second-order valence-corrected chi connectivity index (χ2v) is 12.6. The van der Waals surface area contributed by atoms with Crippen molar-refractivity contribution in [2.75, 3.05) is 6.54 Å². The van der Waals surface area contributed by atoms with E-state index in [2.05, 4.69) is 42.5 Å². The van der Waals surface area contributed by atoms with Gasteiger partial charge in [-0.25, -0.2) is 14.4 Å². The van der Waals surface area contributed by atoms with Crippen LogP contribution in [0.25, 0.3) is 5.69 Å². The number of aromatic nitrogens is 3. The fourth-order valence-electron chi connectivity index (χ4n) is 5.84. The first-order chi connectivity index (χ1) is 19.0. The maximum Gasteiger partial charge on any atom is 0.218 e. The van der Waals surface area contributed by atoms with Gasteiger partial charge in [0, 0.05) is 50.1 Å². The molecule has 1 saturated carbocycles. The standard InChI is InChI=1S/C31H40FN5O3/c1-20(38)36-25(13-21-6-7-24(32)27(14-21)37-11-10-33-19-37)28(39)18-34-26-16-31(8-5-9-31)40-29-23(26)12-22(17-35-29)15-30(2,3)4/h6-7,10-12,14,17,19,25-26,28,34,39H,5,8-9,13,15-16,18H2,1-4H3,(H,36,38)/t25-,26-,28+/m0/s1. The largest absolute Gasteiger partial charge is 0.471 e. The number of ether oxygens (including phenoxy) is 1. The average Bonchev–Trinajstić information content (AvgIpc) is 3.40. The summed E-state index contributed by atoms with van der Waals surface area (Å²) in [5, 5.41) is 17.8. The Kier molecular flexibility index (Phi) is 7.97. The Morgan fingerprint density at radius 3 is 2.73 bits per heavy atom. The van der Waals surface area contributed by atoms with Gasteiger partial charge in [0.2, 0.25) is 11.8 Å². The van der Waals surface area contributed by atoms with Crippen molar-refractivity contribution in [3.63, 3.8) is 0 Å². The van der Waals surface area contributed by atoms with Gasteiger partial charge in [0.1, 0.15) is 11.4 Å². The molecule has 0 bridgehead atoms. The summed E-state index contributed by atoms with van der Waals surface area (Å²) in [5.74, 6) is 0.0665. The second kappa shape index (κ2) is 11.3. The van der Waals surface area contributed by atoms with E-state index in [0.717, 1.165) is 48.8 Å². The van der Waals surface area contributed by atoms with Gasteiger partial charge < -0.3 is 25.0 Å². The third-order valence-corrected chi connectivity index (χ3v) is 7.87. The maximum absolute atomic E-state index is 14.5. The quantitative estimate of drug-likeness (QED) is 0.365. The number of fused-ring (bicyclic) bond motifs is 1. The third kappa shape index (κ3) is 6.53. The van der Waals surface area contributed by atoms with Crippen molar-refractivity contribution >= 4 is 5.91 Å². The number of pyridine rings is 1. The normalized spacial score (nSPS) is 19.3. The molecule has 1 amide bonds. The molecule has 214 valence electrons. The van der Waals surface area contributed by atoms with E-state index in [1.54, 1.807) is 29.1 Å². The fraction of sp³-hybridized carbons (Fsp3) is 0.516. The van der Waals surface area contributed by atoms with Crippen LogP contribution >= 0.6 is 0 Å². The molecule has 9 heteroatoms. The van der Waals surface area contributed by atoms with E-state index >= 15 is 0 Å². The van der Waals surface area contributed by atoms with Crippen LogP contribution in [0.2, 0.25) is 0 Å². The lowest BCUT2D eigenvalue weighted by molar-refractivity contribution is -0.120. The predicted molar refractivity (Wildman–Crippen MR) is 151 cm³/mol. The van der Waals surface area contributed by atoms with Gasteiger partial charge in [-0.15, -0.1) is 0 Å². The molecule has 3 aromatic rings. The molecular formula is C31H40FN5O3. The zero-order valence-electron chi connectivity index (χ0n) is 23.8. The summed E-state index contributed by atoms with van der Waals surface area (Å²) in [4.78, 5) is 20.8. The monoisotopic (exact) mass is 549 g/mol. The molecule has 1 spiro atoms. The number of rotatable bonds is 9. The number of carbonyl (C=O) groups excluding carboxylic acids is 1. The molecule has 0 unspecified atom stereocenters.